The molecule has 0 spiro atoms. The van der Waals surface area contributed by atoms with Crippen LogP contribution in [0.5, 0.6) is 5.75 Å². The normalized spacial score (nSPS) is 16.4. The summed E-state index contributed by atoms with van der Waals surface area (Å²) in [7, 11) is 0. The largest absolute Gasteiger partial charge is 0.427 e. The average Bonchev–Trinajstić information content (AvgIpc) is 2.55. The number of carbonyl (C=O) groups is 1. The molecule has 5 heteroatoms. The predicted molar refractivity (Wildman–Crippen MR) is 85.3 cm³/mol. The second-order valence-electron chi connectivity index (χ2n) is 5.81. The first-order chi connectivity index (χ1) is 11.1. The van der Waals surface area contributed by atoms with Crippen LogP contribution in [0.3, 0.4) is 0 Å². The molecule has 0 saturated carbocycles. The molecule has 0 saturated heterocycles. The second kappa shape index (κ2) is 6.60. The van der Waals surface area contributed by atoms with Crippen LogP contribution < -0.4 is 4.74 Å². The average molecular weight is 311 g/mol. The van der Waals surface area contributed by atoms with Crippen molar-refractivity contribution >= 4 is 11.7 Å². The number of benzene rings is 2. The SMILES string of the molecule is O=C(CC1CCc2ccccc2C1)Oc1ccc([N+](=O)[O-])cc1. The Bertz CT molecular complexity index is 724. The van der Waals surface area contributed by atoms with Gasteiger partial charge in [-0.15, -0.1) is 0 Å². The first kappa shape index (κ1) is 15.2. The van der Waals surface area contributed by atoms with E-state index in [4.69, 9.17) is 4.74 Å². The second-order valence-corrected chi connectivity index (χ2v) is 5.81. The van der Waals surface area contributed by atoms with Gasteiger partial charge < -0.3 is 4.74 Å². The van der Waals surface area contributed by atoms with Gasteiger partial charge in [0, 0.05) is 18.6 Å². The zero-order valence-electron chi connectivity index (χ0n) is 12.6. The molecule has 2 aromatic carbocycles. The molecule has 23 heavy (non-hydrogen) atoms. The molecular weight excluding hydrogens is 294 g/mol. The van der Waals surface area contributed by atoms with Gasteiger partial charge in [-0.1, -0.05) is 24.3 Å². The molecular formula is C18H17NO4. The Morgan fingerprint density at radius 2 is 1.83 bits per heavy atom. The van der Waals surface area contributed by atoms with Crippen LogP contribution in [-0.2, 0) is 17.6 Å². The minimum absolute atomic E-state index is 0.0197. The molecule has 118 valence electrons. The van der Waals surface area contributed by atoms with Gasteiger partial charge >= 0.3 is 5.97 Å². The topological polar surface area (TPSA) is 69.4 Å². The Kier molecular flexibility index (Phi) is 4.37. The maximum Gasteiger partial charge on any atom is 0.311 e. The number of hydrogen-bond donors (Lipinski definition) is 0. The number of non-ortho nitro benzene ring substituents is 1. The van der Waals surface area contributed by atoms with Crippen LogP contribution in [0.2, 0.25) is 0 Å². The van der Waals surface area contributed by atoms with Gasteiger partial charge in [0.1, 0.15) is 5.75 Å². The van der Waals surface area contributed by atoms with Gasteiger partial charge in [0.2, 0.25) is 0 Å². The molecule has 0 aromatic heterocycles. The van der Waals surface area contributed by atoms with Crippen LogP contribution in [0.1, 0.15) is 24.0 Å². The number of hydrogen-bond acceptors (Lipinski definition) is 4. The van der Waals surface area contributed by atoms with Crippen molar-refractivity contribution in [3.8, 4) is 5.75 Å². The fourth-order valence-electron chi connectivity index (χ4n) is 2.99. The van der Waals surface area contributed by atoms with E-state index in [2.05, 4.69) is 12.1 Å². The minimum atomic E-state index is -0.481. The van der Waals surface area contributed by atoms with Crippen molar-refractivity contribution in [2.24, 2.45) is 5.92 Å². The summed E-state index contributed by atoms with van der Waals surface area (Å²) >= 11 is 0. The quantitative estimate of drug-likeness (QED) is 0.374. The van der Waals surface area contributed by atoms with Crippen molar-refractivity contribution < 1.29 is 14.5 Å². The molecule has 2 aromatic rings. The van der Waals surface area contributed by atoms with Gasteiger partial charge in [0.05, 0.1) is 4.92 Å². The number of esters is 1. The Morgan fingerprint density at radius 3 is 2.52 bits per heavy atom. The fourth-order valence-corrected chi connectivity index (χ4v) is 2.99. The van der Waals surface area contributed by atoms with Gasteiger partial charge in [-0.3, -0.25) is 14.9 Å². The van der Waals surface area contributed by atoms with Crippen LogP contribution >= 0.6 is 0 Å². The zero-order chi connectivity index (χ0) is 16.2. The Hall–Kier alpha value is -2.69. The summed E-state index contributed by atoms with van der Waals surface area (Å²) in [6, 6.07) is 13.9. The molecule has 1 aliphatic carbocycles. The summed E-state index contributed by atoms with van der Waals surface area (Å²) in [6.07, 6.45) is 3.23. The van der Waals surface area contributed by atoms with E-state index in [1.54, 1.807) is 0 Å². The third-order valence-corrected chi connectivity index (χ3v) is 4.18. The maximum atomic E-state index is 12.1. The Morgan fingerprint density at radius 1 is 1.13 bits per heavy atom. The van der Waals surface area contributed by atoms with E-state index in [1.165, 1.54) is 35.4 Å². The van der Waals surface area contributed by atoms with E-state index in [0.717, 1.165) is 19.3 Å². The van der Waals surface area contributed by atoms with E-state index in [1.807, 2.05) is 12.1 Å². The van der Waals surface area contributed by atoms with Gasteiger partial charge in [0.25, 0.3) is 5.69 Å². The van der Waals surface area contributed by atoms with Crippen molar-refractivity contribution in [3.63, 3.8) is 0 Å². The smallest absolute Gasteiger partial charge is 0.311 e. The lowest BCUT2D eigenvalue weighted by Gasteiger charge is -2.23. The van der Waals surface area contributed by atoms with Gasteiger partial charge in [-0.2, -0.15) is 0 Å². The maximum absolute atomic E-state index is 12.1. The summed E-state index contributed by atoms with van der Waals surface area (Å²) in [6.45, 7) is 0. The summed E-state index contributed by atoms with van der Waals surface area (Å²) < 4.78 is 5.28. The molecule has 5 nitrogen and oxygen atoms in total. The molecule has 0 fully saturated rings. The number of rotatable bonds is 4. The Labute approximate surface area is 134 Å². The molecule has 0 radical (unpaired) electrons. The van der Waals surface area contributed by atoms with Crippen LogP contribution in [0.4, 0.5) is 5.69 Å². The van der Waals surface area contributed by atoms with Gasteiger partial charge in [-0.05, 0) is 48.4 Å². The first-order valence-corrected chi connectivity index (χ1v) is 7.64. The molecule has 1 aliphatic rings. The molecule has 0 N–H and O–H groups in total. The van der Waals surface area contributed by atoms with Gasteiger partial charge in [0.15, 0.2) is 0 Å². The Balaban J connectivity index is 1.57. The first-order valence-electron chi connectivity index (χ1n) is 7.64. The number of fused-ring (bicyclic) bond motifs is 1. The lowest BCUT2D eigenvalue weighted by Crippen LogP contribution is -2.20. The number of nitro benzene ring substituents is 1. The van der Waals surface area contributed by atoms with E-state index < -0.39 is 4.92 Å². The zero-order valence-corrected chi connectivity index (χ0v) is 12.6. The fraction of sp³-hybridized carbons (Fsp3) is 0.278. The molecule has 1 unspecified atom stereocenters. The number of nitro groups is 1. The van der Waals surface area contributed by atoms with E-state index >= 15 is 0 Å². The number of nitrogens with zero attached hydrogens (tertiary/aromatic N) is 1. The number of carbonyl (C=O) groups excluding carboxylic acids is 1. The van der Waals surface area contributed by atoms with E-state index in [0.29, 0.717) is 12.2 Å². The van der Waals surface area contributed by atoms with Crippen molar-refractivity contribution in [2.45, 2.75) is 25.7 Å². The number of aryl methyl sites for hydroxylation is 1. The van der Waals surface area contributed by atoms with Crippen molar-refractivity contribution in [3.05, 3.63) is 69.8 Å². The molecule has 1 atom stereocenters. The molecule has 0 amide bonds. The summed E-state index contributed by atoms with van der Waals surface area (Å²) in [5.74, 6) is 0.343. The van der Waals surface area contributed by atoms with Crippen molar-refractivity contribution in [1.82, 2.24) is 0 Å². The third kappa shape index (κ3) is 3.74. The van der Waals surface area contributed by atoms with E-state index in [-0.39, 0.29) is 17.6 Å². The minimum Gasteiger partial charge on any atom is -0.427 e. The summed E-state index contributed by atoms with van der Waals surface area (Å²) in [5, 5.41) is 10.6. The van der Waals surface area contributed by atoms with Crippen LogP contribution in [0.25, 0.3) is 0 Å². The summed E-state index contributed by atoms with van der Waals surface area (Å²) in [4.78, 5) is 22.2. The molecule has 0 heterocycles. The highest BCUT2D eigenvalue weighted by atomic mass is 16.6. The molecule has 3 rings (SSSR count). The highest BCUT2D eigenvalue weighted by Crippen LogP contribution is 2.28. The highest BCUT2D eigenvalue weighted by molar-refractivity contribution is 5.72. The van der Waals surface area contributed by atoms with Gasteiger partial charge in [-0.25, -0.2) is 0 Å². The highest BCUT2D eigenvalue weighted by Gasteiger charge is 2.21. The van der Waals surface area contributed by atoms with Crippen LogP contribution in [0, 0.1) is 16.0 Å². The third-order valence-electron chi connectivity index (χ3n) is 4.18. The summed E-state index contributed by atoms with van der Waals surface area (Å²) in [5.41, 5.74) is 2.66. The standard InChI is InChI=1S/C18H17NO4/c20-18(23-17-9-7-16(8-10-17)19(21)22)12-13-5-6-14-3-1-2-4-15(14)11-13/h1-4,7-10,13H,5-6,11-12H2. The van der Waals surface area contributed by atoms with E-state index in [9.17, 15) is 14.9 Å². The number of ether oxygens (including phenoxy) is 1. The predicted octanol–water partition coefficient (Wildman–Crippen LogP) is 3.70. The van der Waals surface area contributed by atoms with Crippen LogP contribution in [-0.4, -0.2) is 10.9 Å². The lowest BCUT2D eigenvalue weighted by molar-refractivity contribution is -0.384. The lowest BCUT2D eigenvalue weighted by atomic mass is 9.82. The van der Waals surface area contributed by atoms with Crippen molar-refractivity contribution in [1.29, 1.82) is 0 Å². The monoisotopic (exact) mass is 311 g/mol. The van der Waals surface area contributed by atoms with Crippen LogP contribution in [0.15, 0.2) is 48.5 Å². The van der Waals surface area contributed by atoms with Crippen molar-refractivity contribution in [2.75, 3.05) is 0 Å². The molecule has 0 aliphatic heterocycles. The molecule has 0 bridgehead atoms.